The molecule has 6 atom stereocenters. The fourth-order valence-electron chi connectivity index (χ4n) is 8.67. The van der Waals surface area contributed by atoms with Gasteiger partial charge in [0.25, 0.3) is 0 Å². The molecule has 9 heteroatoms. The maximum atomic E-state index is 14.4. The Morgan fingerprint density at radius 3 is 1.70 bits per heavy atom. The first-order valence-corrected chi connectivity index (χ1v) is 15.5. The molecule has 5 aliphatic rings. The molecule has 2 aromatic carbocycles. The summed E-state index contributed by atoms with van der Waals surface area (Å²) in [5.74, 6) is -1.71. The standard InChI is InChI=1S/C35H40O9/c1-29(2)24(41-28(39)35-18-16-33(8,26(37)44-35)31(35,5)6)23(22-20-12-10-9-11-19(20)13-14-21(22)42-29)40-27(38)34-17-15-32(7,25(36)43-34)30(34,3)4/h9-14,23-24H,15-18H2,1-8H3/t23-,24-,32?,33?,34?,35?/m1/s1. The van der Waals surface area contributed by atoms with E-state index in [1.165, 1.54) is 0 Å². The second-order valence-corrected chi connectivity index (χ2v) is 15.4. The molecule has 0 N–H and O–H groups in total. The van der Waals surface area contributed by atoms with Gasteiger partial charge < -0.3 is 23.7 Å². The van der Waals surface area contributed by atoms with Gasteiger partial charge in [0.1, 0.15) is 11.4 Å². The van der Waals surface area contributed by atoms with Crippen molar-refractivity contribution >= 4 is 34.6 Å². The van der Waals surface area contributed by atoms with Crippen LogP contribution >= 0.6 is 0 Å². The maximum Gasteiger partial charge on any atom is 0.351 e. The van der Waals surface area contributed by atoms with Gasteiger partial charge in [0.2, 0.25) is 11.2 Å². The first-order chi connectivity index (χ1) is 20.4. The third-order valence-electron chi connectivity index (χ3n) is 12.8. The first-order valence-electron chi connectivity index (χ1n) is 15.5. The number of benzene rings is 2. The monoisotopic (exact) mass is 604 g/mol. The molecule has 9 nitrogen and oxygen atoms in total. The highest BCUT2D eigenvalue weighted by Crippen LogP contribution is 2.67. The van der Waals surface area contributed by atoms with E-state index in [9.17, 15) is 19.2 Å². The molecular formula is C35H40O9. The Morgan fingerprint density at radius 1 is 0.682 bits per heavy atom. The van der Waals surface area contributed by atoms with Crippen molar-refractivity contribution in [1.82, 2.24) is 0 Å². The largest absolute Gasteiger partial charge is 0.483 e. The molecule has 0 aromatic heterocycles. The summed E-state index contributed by atoms with van der Waals surface area (Å²) in [5, 5.41) is 1.66. The summed E-state index contributed by atoms with van der Waals surface area (Å²) < 4.78 is 31.0. The zero-order valence-electron chi connectivity index (χ0n) is 26.6. The van der Waals surface area contributed by atoms with Crippen molar-refractivity contribution in [3.05, 3.63) is 42.0 Å². The number of hydrogen-bond acceptors (Lipinski definition) is 9. The Labute approximate surface area is 256 Å². The van der Waals surface area contributed by atoms with E-state index in [2.05, 4.69) is 0 Å². The van der Waals surface area contributed by atoms with E-state index in [1.807, 2.05) is 77.9 Å². The van der Waals surface area contributed by atoms with Crippen LogP contribution in [0.1, 0.15) is 92.7 Å². The maximum absolute atomic E-state index is 14.4. The van der Waals surface area contributed by atoms with E-state index in [0.29, 0.717) is 37.0 Å². The van der Waals surface area contributed by atoms with Gasteiger partial charge in [0, 0.05) is 16.4 Å². The Balaban J connectivity index is 1.34. The number of carbonyl (C=O) groups excluding carboxylic acids is 4. The van der Waals surface area contributed by atoms with E-state index in [4.69, 9.17) is 23.7 Å². The van der Waals surface area contributed by atoms with Crippen molar-refractivity contribution in [2.45, 2.75) is 110 Å². The summed E-state index contributed by atoms with van der Waals surface area (Å²) in [6.45, 7) is 14.7. The van der Waals surface area contributed by atoms with Gasteiger partial charge in [-0.25, -0.2) is 9.59 Å². The van der Waals surface area contributed by atoms with Gasteiger partial charge in [-0.2, -0.15) is 0 Å². The van der Waals surface area contributed by atoms with Gasteiger partial charge >= 0.3 is 23.9 Å². The molecule has 4 bridgehead atoms. The molecule has 0 spiro atoms. The van der Waals surface area contributed by atoms with Crippen molar-refractivity contribution < 1.29 is 42.9 Å². The summed E-state index contributed by atoms with van der Waals surface area (Å²) in [6, 6.07) is 11.4. The fraction of sp³-hybridized carbons (Fsp3) is 0.600. The number of esters is 4. The molecule has 0 radical (unpaired) electrons. The lowest BCUT2D eigenvalue weighted by molar-refractivity contribution is -0.217. The summed E-state index contributed by atoms with van der Waals surface area (Å²) in [6.07, 6.45) is -0.606. The summed E-state index contributed by atoms with van der Waals surface area (Å²) in [4.78, 5) is 54.7. The minimum Gasteiger partial charge on any atom is -0.483 e. The van der Waals surface area contributed by atoms with Gasteiger partial charge in [-0.3, -0.25) is 9.59 Å². The number of ether oxygens (including phenoxy) is 5. The van der Waals surface area contributed by atoms with Gasteiger partial charge in [-0.15, -0.1) is 0 Å². The van der Waals surface area contributed by atoms with Crippen LogP contribution in [-0.2, 0) is 38.1 Å². The molecule has 3 heterocycles. The molecule has 2 aromatic rings. The fourth-order valence-corrected chi connectivity index (χ4v) is 8.67. The summed E-state index contributed by atoms with van der Waals surface area (Å²) >= 11 is 0. The minimum absolute atomic E-state index is 0.324. The molecule has 0 amide bonds. The molecule has 7 rings (SSSR count). The van der Waals surface area contributed by atoms with Crippen LogP contribution in [0.15, 0.2) is 36.4 Å². The predicted molar refractivity (Wildman–Crippen MR) is 157 cm³/mol. The van der Waals surface area contributed by atoms with Gasteiger partial charge in [-0.05, 0) is 70.2 Å². The highest BCUT2D eigenvalue weighted by atomic mass is 16.7. The smallest absolute Gasteiger partial charge is 0.351 e. The molecule has 2 saturated heterocycles. The van der Waals surface area contributed by atoms with Crippen LogP contribution in [0.4, 0.5) is 0 Å². The number of fused-ring (bicyclic) bond motifs is 7. The predicted octanol–water partition coefficient (Wildman–Crippen LogP) is 5.75. The molecule has 2 aliphatic carbocycles. The number of carbonyl (C=O) groups is 4. The zero-order valence-corrected chi connectivity index (χ0v) is 26.6. The van der Waals surface area contributed by atoms with E-state index in [1.54, 1.807) is 13.8 Å². The Kier molecular flexibility index (Phi) is 5.52. The quantitative estimate of drug-likeness (QED) is 0.318. The average molecular weight is 605 g/mol. The Hall–Kier alpha value is -3.62. The van der Waals surface area contributed by atoms with Crippen LogP contribution in [-0.4, -0.2) is 46.8 Å². The topological polar surface area (TPSA) is 114 Å². The number of hydrogen-bond donors (Lipinski definition) is 0. The van der Waals surface area contributed by atoms with E-state index < -0.39 is 74.5 Å². The molecule has 2 saturated carbocycles. The molecule has 4 unspecified atom stereocenters. The van der Waals surface area contributed by atoms with E-state index in [0.717, 1.165) is 10.8 Å². The highest BCUT2D eigenvalue weighted by Gasteiger charge is 2.78. The lowest BCUT2D eigenvalue weighted by atomic mass is 9.66. The van der Waals surface area contributed by atoms with Crippen molar-refractivity contribution in [2.24, 2.45) is 21.7 Å². The molecule has 4 fully saturated rings. The molecule has 234 valence electrons. The van der Waals surface area contributed by atoms with Gasteiger partial charge in [0.05, 0.1) is 10.8 Å². The Bertz CT molecular complexity index is 1670. The van der Waals surface area contributed by atoms with Crippen molar-refractivity contribution in [2.75, 3.05) is 0 Å². The first kappa shape index (κ1) is 29.1. The Morgan fingerprint density at radius 2 is 1.20 bits per heavy atom. The van der Waals surface area contributed by atoms with E-state index >= 15 is 0 Å². The minimum atomic E-state index is -1.49. The molecule has 44 heavy (non-hydrogen) atoms. The number of rotatable bonds is 4. The third-order valence-corrected chi connectivity index (χ3v) is 12.8. The zero-order chi connectivity index (χ0) is 31.9. The normalized spacial score (nSPS) is 38.5. The lowest BCUT2D eigenvalue weighted by Crippen LogP contribution is -2.57. The van der Waals surface area contributed by atoms with Crippen LogP contribution in [0.5, 0.6) is 5.75 Å². The second kappa shape index (κ2) is 8.34. The third kappa shape index (κ3) is 3.11. The SMILES string of the molecule is CC1(C)Oc2ccc3ccccc3c2[C@@H](OC(=O)C23CCC(C)(C(=O)O2)C3(C)C)[C@H]1OC(=O)C12CCC(C)(C(=O)O1)C2(C)C. The second-order valence-electron chi connectivity index (χ2n) is 15.4. The van der Waals surface area contributed by atoms with Gasteiger partial charge in [0.15, 0.2) is 12.2 Å². The molecule has 3 aliphatic heterocycles. The highest BCUT2D eigenvalue weighted by molar-refractivity contribution is 5.95. The van der Waals surface area contributed by atoms with Crippen LogP contribution in [0.2, 0.25) is 0 Å². The van der Waals surface area contributed by atoms with Crippen molar-refractivity contribution in [1.29, 1.82) is 0 Å². The van der Waals surface area contributed by atoms with Gasteiger partial charge in [-0.1, -0.05) is 58.0 Å². The van der Waals surface area contributed by atoms with Crippen molar-refractivity contribution in [3.8, 4) is 5.75 Å². The van der Waals surface area contributed by atoms with Crippen LogP contribution in [0.25, 0.3) is 10.8 Å². The lowest BCUT2D eigenvalue weighted by Gasteiger charge is -2.46. The average Bonchev–Trinajstić information content (AvgIpc) is 3.42. The molecular weight excluding hydrogens is 564 g/mol. The van der Waals surface area contributed by atoms with E-state index in [-0.39, 0.29) is 0 Å². The summed E-state index contributed by atoms with van der Waals surface area (Å²) in [7, 11) is 0. The van der Waals surface area contributed by atoms with Crippen LogP contribution in [0.3, 0.4) is 0 Å². The van der Waals surface area contributed by atoms with Crippen LogP contribution < -0.4 is 4.74 Å². The summed E-state index contributed by atoms with van der Waals surface area (Å²) in [5.41, 5.74) is -6.91. The van der Waals surface area contributed by atoms with Crippen LogP contribution in [0, 0.1) is 21.7 Å². The van der Waals surface area contributed by atoms with Crippen molar-refractivity contribution in [3.63, 3.8) is 0 Å².